The summed E-state index contributed by atoms with van der Waals surface area (Å²) in [6, 6.07) is 5.39. The molecule has 2 N–H and O–H groups in total. The number of methoxy groups -OCH3 is 1. The van der Waals surface area contributed by atoms with E-state index in [0.717, 1.165) is 5.56 Å². The van der Waals surface area contributed by atoms with Gasteiger partial charge in [0, 0.05) is 17.8 Å². The lowest BCUT2D eigenvalue weighted by Gasteiger charge is -2.07. The average Bonchev–Trinajstić information content (AvgIpc) is 2.30. The van der Waals surface area contributed by atoms with Gasteiger partial charge in [0.05, 0.1) is 33.0 Å². The van der Waals surface area contributed by atoms with Crippen LogP contribution in [0.25, 0.3) is 0 Å². The second kappa shape index (κ2) is 8.31. The number of anilines is 1. The number of benzene rings is 1. The SMILES string of the molecule is COCCOCCOCc1ccc(N)cc1Cl. The van der Waals surface area contributed by atoms with E-state index < -0.39 is 0 Å². The number of nitrogen functional groups attached to an aromatic ring is 1. The molecular formula is C12H18ClNO3. The van der Waals surface area contributed by atoms with E-state index in [0.29, 0.717) is 43.7 Å². The first kappa shape index (κ1) is 14.3. The van der Waals surface area contributed by atoms with Crippen molar-refractivity contribution in [2.24, 2.45) is 0 Å². The maximum absolute atomic E-state index is 6.00. The quantitative estimate of drug-likeness (QED) is 0.574. The van der Waals surface area contributed by atoms with Crippen LogP contribution in [0.4, 0.5) is 5.69 Å². The molecule has 0 amide bonds. The zero-order valence-electron chi connectivity index (χ0n) is 9.95. The van der Waals surface area contributed by atoms with Crippen LogP contribution >= 0.6 is 11.6 Å². The first-order valence-electron chi connectivity index (χ1n) is 5.42. The lowest BCUT2D eigenvalue weighted by atomic mass is 10.2. The molecule has 4 nitrogen and oxygen atoms in total. The zero-order chi connectivity index (χ0) is 12.5. The Morgan fingerprint density at radius 2 is 1.82 bits per heavy atom. The van der Waals surface area contributed by atoms with Gasteiger partial charge in [0.2, 0.25) is 0 Å². The summed E-state index contributed by atoms with van der Waals surface area (Å²) in [5, 5.41) is 0.630. The van der Waals surface area contributed by atoms with Crippen molar-refractivity contribution in [3.63, 3.8) is 0 Å². The lowest BCUT2D eigenvalue weighted by molar-refractivity contribution is 0.0200. The molecule has 0 fully saturated rings. The van der Waals surface area contributed by atoms with Gasteiger partial charge >= 0.3 is 0 Å². The van der Waals surface area contributed by atoms with Gasteiger partial charge in [0.1, 0.15) is 0 Å². The monoisotopic (exact) mass is 259 g/mol. The summed E-state index contributed by atoms with van der Waals surface area (Å²) in [7, 11) is 1.64. The van der Waals surface area contributed by atoms with Crippen molar-refractivity contribution in [1.29, 1.82) is 0 Å². The van der Waals surface area contributed by atoms with E-state index in [9.17, 15) is 0 Å². The summed E-state index contributed by atoms with van der Waals surface area (Å²) in [4.78, 5) is 0. The van der Waals surface area contributed by atoms with Crippen molar-refractivity contribution in [1.82, 2.24) is 0 Å². The van der Waals surface area contributed by atoms with Crippen molar-refractivity contribution in [2.75, 3.05) is 39.3 Å². The van der Waals surface area contributed by atoms with Crippen molar-refractivity contribution in [3.05, 3.63) is 28.8 Å². The molecule has 1 rings (SSSR count). The summed E-state index contributed by atoms with van der Waals surface area (Å²) >= 11 is 6.00. The van der Waals surface area contributed by atoms with Crippen LogP contribution in [-0.4, -0.2) is 33.5 Å². The Morgan fingerprint density at radius 3 is 2.53 bits per heavy atom. The van der Waals surface area contributed by atoms with Crippen LogP contribution in [0.1, 0.15) is 5.56 Å². The van der Waals surface area contributed by atoms with Gasteiger partial charge in [0.25, 0.3) is 0 Å². The number of nitrogens with two attached hydrogens (primary N) is 1. The van der Waals surface area contributed by atoms with Gasteiger partial charge in [-0.15, -0.1) is 0 Å². The highest BCUT2D eigenvalue weighted by atomic mass is 35.5. The molecule has 0 heterocycles. The van der Waals surface area contributed by atoms with Gasteiger partial charge in [-0.1, -0.05) is 17.7 Å². The minimum atomic E-state index is 0.465. The standard InChI is InChI=1S/C12H18ClNO3/c1-15-4-5-16-6-7-17-9-10-2-3-11(14)8-12(10)13/h2-3,8H,4-7,9,14H2,1H3. The van der Waals surface area contributed by atoms with Crippen LogP contribution < -0.4 is 5.73 Å². The van der Waals surface area contributed by atoms with Gasteiger partial charge in [-0.2, -0.15) is 0 Å². The molecule has 0 saturated carbocycles. The number of hydrogen-bond donors (Lipinski definition) is 1. The molecule has 0 saturated heterocycles. The molecular weight excluding hydrogens is 242 g/mol. The molecule has 0 unspecified atom stereocenters. The van der Waals surface area contributed by atoms with E-state index in [1.165, 1.54) is 0 Å². The molecule has 0 aliphatic heterocycles. The Kier molecular flexibility index (Phi) is 6.96. The molecule has 0 spiro atoms. The van der Waals surface area contributed by atoms with Crippen molar-refractivity contribution in [3.8, 4) is 0 Å². The largest absolute Gasteiger partial charge is 0.399 e. The Morgan fingerprint density at radius 1 is 1.12 bits per heavy atom. The van der Waals surface area contributed by atoms with Crippen molar-refractivity contribution in [2.45, 2.75) is 6.61 Å². The topological polar surface area (TPSA) is 53.7 Å². The summed E-state index contributed by atoms with van der Waals surface area (Å²) in [6.45, 7) is 2.74. The van der Waals surface area contributed by atoms with E-state index in [1.54, 1.807) is 19.2 Å². The minimum absolute atomic E-state index is 0.465. The fourth-order valence-electron chi connectivity index (χ4n) is 1.22. The van der Waals surface area contributed by atoms with Crippen molar-refractivity contribution >= 4 is 17.3 Å². The third kappa shape index (κ3) is 5.89. The molecule has 0 aromatic heterocycles. The molecule has 5 heteroatoms. The first-order chi connectivity index (χ1) is 8.24. The van der Waals surface area contributed by atoms with Gasteiger partial charge in [-0.3, -0.25) is 0 Å². The van der Waals surface area contributed by atoms with Gasteiger partial charge in [-0.05, 0) is 17.7 Å². The Balaban J connectivity index is 2.14. The number of ether oxygens (including phenoxy) is 3. The van der Waals surface area contributed by atoms with Gasteiger partial charge < -0.3 is 19.9 Å². The zero-order valence-corrected chi connectivity index (χ0v) is 10.7. The Bertz CT molecular complexity index is 334. The number of hydrogen-bond acceptors (Lipinski definition) is 4. The molecule has 0 radical (unpaired) electrons. The molecule has 1 aromatic carbocycles. The van der Waals surface area contributed by atoms with E-state index in [1.807, 2.05) is 6.07 Å². The highest BCUT2D eigenvalue weighted by Gasteiger charge is 2.00. The fourth-order valence-corrected chi connectivity index (χ4v) is 1.47. The summed E-state index contributed by atoms with van der Waals surface area (Å²) in [6.07, 6.45) is 0. The molecule has 1 aromatic rings. The lowest BCUT2D eigenvalue weighted by Crippen LogP contribution is -2.08. The number of halogens is 1. The van der Waals surface area contributed by atoms with Crippen LogP contribution in [0.2, 0.25) is 5.02 Å². The van der Waals surface area contributed by atoms with E-state index >= 15 is 0 Å². The highest BCUT2D eigenvalue weighted by Crippen LogP contribution is 2.19. The Hall–Kier alpha value is -0.810. The van der Waals surface area contributed by atoms with E-state index in [4.69, 9.17) is 31.5 Å². The predicted molar refractivity (Wildman–Crippen MR) is 68.2 cm³/mol. The third-order valence-electron chi connectivity index (χ3n) is 2.14. The first-order valence-corrected chi connectivity index (χ1v) is 5.80. The van der Waals surface area contributed by atoms with Crippen LogP contribution in [0.3, 0.4) is 0 Å². The second-order valence-corrected chi connectivity index (χ2v) is 3.92. The van der Waals surface area contributed by atoms with Crippen LogP contribution in [0.5, 0.6) is 0 Å². The number of rotatable bonds is 8. The maximum Gasteiger partial charge on any atom is 0.0732 e. The molecule has 0 atom stereocenters. The fraction of sp³-hybridized carbons (Fsp3) is 0.500. The molecule has 0 bridgehead atoms. The van der Waals surface area contributed by atoms with Gasteiger partial charge in [-0.25, -0.2) is 0 Å². The highest BCUT2D eigenvalue weighted by molar-refractivity contribution is 6.31. The second-order valence-electron chi connectivity index (χ2n) is 3.51. The van der Waals surface area contributed by atoms with Crippen LogP contribution in [-0.2, 0) is 20.8 Å². The van der Waals surface area contributed by atoms with Crippen LogP contribution in [0, 0.1) is 0 Å². The van der Waals surface area contributed by atoms with Crippen LogP contribution in [0.15, 0.2) is 18.2 Å². The molecule has 17 heavy (non-hydrogen) atoms. The predicted octanol–water partition coefficient (Wildman–Crippen LogP) is 2.10. The maximum atomic E-state index is 6.00. The molecule has 96 valence electrons. The summed E-state index contributed by atoms with van der Waals surface area (Å²) in [5.41, 5.74) is 7.18. The van der Waals surface area contributed by atoms with E-state index in [-0.39, 0.29) is 0 Å². The van der Waals surface area contributed by atoms with Crippen molar-refractivity contribution < 1.29 is 14.2 Å². The summed E-state index contributed by atoms with van der Waals surface area (Å²) in [5.74, 6) is 0. The molecule has 0 aliphatic rings. The average molecular weight is 260 g/mol. The summed E-state index contributed by atoms with van der Waals surface area (Å²) < 4.78 is 15.5. The molecule has 0 aliphatic carbocycles. The normalized spacial score (nSPS) is 10.7. The third-order valence-corrected chi connectivity index (χ3v) is 2.49. The minimum Gasteiger partial charge on any atom is -0.399 e. The smallest absolute Gasteiger partial charge is 0.0732 e. The van der Waals surface area contributed by atoms with E-state index in [2.05, 4.69) is 0 Å². The van der Waals surface area contributed by atoms with Gasteiger partial charge in [0.15, 0.2) is 0 Å². The Labute approximate surface area is 107 Å².